The lowest BCUT2D eigenvalue weighted by atomic mass is 9.82. The molecule has 0 heterocycles. The minimum absolute atomic E-state index is 0.0837. The van der Waals surface area contributed by atoms with Crippen molar-refractivity contribution in [1.82, 2.24) is 0 Å². The predicted molar refractivity (Wildman–Crippen MR) is 126 cm³/mol. The van der Waals surface area contributed by atoms with Gasteiger partial charge in [0, 0.05) is 6.61 Å². The molecule has 0 N–H and O–H groups in total. The van der Waals surface area contributed by atoms with Crippen LogP contribution in [0.3, 0.4) is 0 Å². The summed E-state index contributed by atoms with van der Waals surface area (Å²) in [4.78, 5) is 0. The molecule has 0 aliphatic rings. The second-order valence-corrected chi connectivity index (χ2v) is 9.80. The molecular formula is C27H42F6O. The third kappa shape index (κ3) is 11.5. The molecule has 1 atom stereocenters. The number of aryl methyl sites for hydroxylation is 1. The van der Waals surface area contributed by atoms with Gasteiger partial charge in [0.15, 0.2) is 0 Å². The fourth-order valence-corrected chi connectivity index (χ4v) is 4.56. The lowest BCUT2D eigenvalue weighted by Gasteiger charge is -2.34. The average Bonchev–Trinajstić information content (AvgIpc) is 2.72. The van der Waals surface area contributed by atoms with Gasteiger partial charge >= 0.3 is 12.4 Å². The number of halogens is 6. The molecule has 0 spiro atoms. The van der Waals surface area contributed by atoms with Crippen molar-refractivity contribution < 1.29 is 31.1 Å². The SMILES string of the molecule is CCCCCCCCC(CCCCCc1cc(C(F)(F)F)cc(C(F)(F)F)c1)C(C)(C)OCC. The third-order valence-corrected chi connectivity index (χ3v) is 6.57. The fraction of sp³-hybridized carbons (Fsp3) is 0.778. The summed E-state index contributed by atoms with van der Waals surface area (Å²) in [5, 5.41) is 0. The summed E-state index contributed by atoms with van der Waals surface area (Å²) in [6.07, 6.45) is 2.15. The number of hydrogen-bond donors (Lipinski definition) is 0. The van der Waals surface area contributed by atoms with E-state index >= 15 is 0 Å². The summed E-state index contributed by atoms with van der Waals surface area (Å²) in [6.45, 7) is 9.03. The molecule has 1 unspecified atom stereocenters. The first-order chi connectivity index (χ1) is 15.8. The second-order valence-electron chi connectivity index (χ2n) is 9.80. The van der Waals surface area contributed by atoms with Gasteiger partial charge in [0.25, 0.3) is 0 Å². The molecular weight excluding hydrogens is 454 g/mol. The number of unbranched alkanes of at least 4 members (excludes halogenated alkanes) is 7. The molecule has 0 radical (unpaired) electrons. The molecule has 0 amide bonds. The lowest BCUT2D eigenvalue weighted by molar-refractivity contribution is -0.143. The maximum atomic E-state index is 13.1. The Morgan fingerprint density at radius 1 is 0.676 bits per heavy atom. The summed E-state index contributed by atoms with van der Waals surface area (Å²) in [5.41, 5.74) is -2.65. The maximum absolute atomic E-state index is 13.1. The van der Waals surface area contributed by atoms with E-state index < -0.39 is 23.5 Å². The second kappa shape index (κ2) is 14.4. The lowest BCUT2D eigenvalue weighted by Crippen LogP contribution is -2.34. The minimum Gasteiger partial charge on any atom is -0.376 e. The van der Waals surface area contributed by atoms with Crippen LogP contribution in [0.1, 0.15) is 115 Å². The highest BCUT2D eigenvalue weighted by Gasteiger charge is 2.36. The Balaban J connectivity index is 2.63. The van der Waals surface area contributed by atoms with Crippen molar-refractivity contribution in [3.63, 3.8) is 0 Å². The van der Waals surface area contributed by atoms with Crippen LogP contribution in [0.2, 0.25) is 0 Å². The van der Waals surface area contributed by atoms with Crippen LogP contribution in [0.15, 0.2) is 18.2 Å². The Morgan fingerprint density at radius 2 is 1.15 bits per heavy atom. The number of ether oxygens (including phenoxy) is 1. The van der Waals surface area contributed by atoms with Gasteiger partial charge < -0.3 is 4.74 Å². The molecule has 1 aromatic rings. The molecule has 7 heteroatoms. The van der Waals surface area contributed by atoms with Gasteiger partial charge in [-0.2, -0.15) is 26.3 Å². The first kappa shape index (κ1) is 30.8. The summed E-state index contributed by atoms with van der Waals surface area (Å²) in [6, 6.07) is 1.87. The quantitative estimate of drug-likeness (QED) is 0.163. The highest BCUT2D eigenvalue weighted by molar-refractivity contribution is 5.33. The molecule has 1 aromatic carbocycles. The number of rotatable bonds is 16. The smallest absolute Gasteiger partial charge is 0.376 e. The van der Waals surface area contributed by atoms with Crippen molar-refractivity contribution in [2.24, 2.45) is 5.92 Å². The molecule has 0 saturated heterocycles. The molecule has 0 bridgehead atoms. The van der Waals surface area contributed by atoms with Crippen LogP contribution in [-0.4, -0.2) is 12.2 Å². The van der Waals surface area contributed by atoms with Gasteiger partial charge in [-0.1, -0.05) is 58.3 Å². The van der Waals surface area contributed by atoms with Crippen LogP contribution in [0, 0.1) is 5.92 Å². The van der Waals surface area contributed by atoms with Gasteiger partial charge in [0.05, 0.1) is 16.7 Å². The highest BCUT2D eigenvalue weighted by atomic mass is 19.4. The van der Waals surface area contributed by atoms with Crippen LogP contribution < -0.4 is 0 Å². The van der Waals surface area contributed by atoms with E-state index in [0.29, 0.717) is 18.9 Å². The summed E-state index contributed by atoms with van der Waals surface area (Å²) in [5.74, 6) is 0.379. The molecule has 1 rings (SSSR count). The van der Waals surface area contributed by atoms with Crippen molar-refractivity contribution in [1.29, 1.82) is 0 Å². The van der Waals surface area contributed by atoms with Crippen molar-refractivity contribution in [3.8, 4) is 0 Å². The Labute approximate surface area is 201 Å². The van der Waals surface area contributed by atoms with E-state index in [1.54, 1.807) is 0 Å². The standard InChI is InChI=1S/C27H42F6O/c1-5-7-8-9-10-13-16-22(25(3,4)34-6-2)17-14-11-12-15-21-18-23(26(28,29)30)20-24(19-21)27(31,32)33/h18-20,22H,5-17H2,1-4H3. The molecule has 0 aliphatic carbocycles. The van der Waals surface area contributed by atoms with Crippen LogP contribution in [0.5, 0.6) is 0 Å². The Morgan fingerprint density at radius 3 is 1.62 bits per heavy atom. The van der Waals surface area contributed by atoms with Gasteiger partial charge in [-0.05, 0) is 76.1 Å². The van der Waals surface area contributed by atoms with E-state index in [9.17, 15) is 26.3 Å². The van der Waals surface area contributed by atoms with Crippen molar-refractivity contribution in [2.75, 3.05) is 6.61 Å². The Bertz CT molecular complexity index is 661. The maximum Gasteiger partial charge on any atom is 0.416 e. The monoisotopic (exact) mass is 496 g/mol. The van der Waals surface area contributed by atoms with E-state index in [-0.39, 0.29) is 23.7 Å². The largest absolute Gasteiger partial charge is 0.416 e. The molecule has 1 nitrogen and oxygen atoms in total. The Kier molecular flexibility index (Phi) is 13.0. The van der Waals surface area contributed by atoms with Crippen LogP contribution in [0.25, 0.3) is 0 Å². The van der Waals surface area contributed by atoms with Gasteiger partial charge in [-0.3, -0.25) is 0 Å². The zero-order valence-electron chi connectivity index (χ0n) is 21.2. The number of alkyl halides is 6. The molecule has 34 heavy (non-hydrogen) atoms. The summed E-state index contributed by atoms with van der Waals surface area (Å²) < 4.78 is 84.3. The zero-order chi connectivity index (χ0) is 25.8. The van der Waals surface area contributed by atoms with Crippen molar-refractivity contribution in [2.45, 2.75) is 123 Å². The predicted octanol–water partition coefficient (Wildman–Crippen LogP) is 10.0. The Hall–Kier alpha value is -1.24. The average molecular weight is 497 g/mol. The van der Waals surface area contributed by atoms with Gasteiger partial charge in [0.1, 0.15) is 0 Å². The molecule has 0 aliphatic heterocycles. The van der Waals surface area contributed by atoms with Gasteiger partial charge in [-0.15, -0.1) is 0 Å². The summed E-state index contributed by atoms with van der Waals surface area (Å²) >= 11 is 0. The number of benzene rings is 1. The molecule has 0 aromatic heterocycles. The van der Waals surface area contributed by atoms with Crippen LogP contribution in [-0.2, 0) is 23.5 Å². The van der Waals surface area contributed by atoms with E-state index in [4.69, 9.17) is 4.74 Å². The van der Waals surface area contributed by atoms with E-state index in [1.165, 1.54) is 32.1 Å². The van der Waals surface area contributed by atoms with E-state index in [0.717, 1.165) is 44.2 Å². The van der Waals surface area contributed by atoms with Crippen molar-refractivity contribution >= 4 is 0 Å². The normalized spacial score (nSPS) is 13.9. The summed E-state index contributed by atoms with van der Waals surface area (Å²) in [7, 11) is 0. The topological polar surface area (TPSA) is 9.23 Å². The third-order valence-electron chi connectivity index (χ3n) is 6.57. The first-order valence-corrected chi connectivity index (χ1v) is 12.7. The van der Waals surface area contributed by atoms with Gasteiger partial charge in [0.2, 0.25) is 0 Å². The van der Waals surface area contributed by atoms with Crippen LogP contribution in [0.4, 0.5) is 26.3 Å². The van der Waals surface area contributed by atoms with E-state index in [1.807, 2.05) is 6.92 Å². The highest BCUT2D eigenvalue weighted by Crippen LogP contribution is 2.37. The van der Waals surface area contributed by atoms with Crippen LogP contribution >= 0.6 is 0 Å². The fourth-order valence-electron chi connectivity index (χ4n) is 4.56. The zero-order valence-corrected chi connectivity index (χ0v) is 21.2. The van der Waals surface area contributed by atoms with E-state index in [2.05, 4.69) is 20.8 Å². The molecule has 0 saturated carbocycles. The molecule has 198 valence electrons. The number of hydrogen-bond acceptors (Lipinski definition) is 1. The van der Waals surface area contributed by atoms with Crippen molar-refractivity contribution in [3.05, 3.63) is 34.9 Å². The first-order valence-electron chi connectivity index (χ1n) is 12.7. The molecule has 0 fully saturated rings. The van der Waals surface area contributed by atoms with Gasteiger partial charge in [-0.25, -0.2) is 0 Å². The minimum atomic E-state index is -4.80.